The van der Waals surface area contributed by atoms with E-state index in [0.29, 0.717) is 36.7 Å². The Bertz CT molecular complexity index is 823. The van der Waals surface area contributed by atoms with Crippen LogP contribution in [0.1, 0.15) is 19.8 Å². The Morgan fingerprint density at radius 1 is 1.11 bits per heavy atom. The number of para-hydroxylation sites is 2. The number of methoxy groups -OCH3 is 1. The number of rotatable bonds is 6. The fraction of sp³-hybridized carbons (Fsp3) is 0.333. The number of anilines is 2. The predicted molar refractivity (Wildman–Crippen MR) is 108 cm³/mol. The number of hydrogen-bond acceptors (Lipinski definition) is 4. The lowest BCUT2D eigenvalue weighted by molar-refractivity contribution is -0.119. The van der Waals surface area contributed by atoms with Crippen LogP contribution in [0.5, 0.6) is 11.5 Å². The molecule has 148 valence electrons. The summed E-state index contributed by atoms with van der Waals surface area (Å²) < 4.78 is 10.7. The van der Waals surface area contributed by atoms with Gasteiger partial charge in [0.1, 0.15) is 17.5 Å². The van der Waals surface area contributed by atoms with Crippen molar-refractivity contribution in [3.05, 3.63) is 48.5 Å². The Kier molecular flexibility index (Phi) is 6.37. The van der Waals surface area contributed by atoms with E-state index in [9.17, 15) is 9.59 Å². The van der Waals surface area contributed by atoms with Crippen LogP contribution in [0.25, 0.3) is 0 Å². The van der Waals surface area contributed by atoms with Crippen LogP contribution in [0.3, 0.4) is 0 Å². The number of ether oxygens (including phenoxy) is 2. The molecular formula is C21H25N3O4. The molecule has 0 unspecified atom stereocenters. The molecule has 2 aromatic rings. The van der Waals surface area contributed by atoms with E-state index in [2.05, 4.69) is 10.6 Å². The van der Waals surface area contributed by atoms with Gasteiger partial charge in [0, 0.05) is 12.2 Å². The van der Waals surface area contributed by atoms with Crippen LogP contribution in [-0.4, -0.2) is 43.1 Å². The van der Waals surface area contributed by atoms with Crippen molar-refractivity contribution in [1.29, 1.82) is 0 Å². The number of amides is 3. The van der Waals surface area contributed by atoms with E-state index < -0.39 is 6.04 Å². The molecule has 28 heavy (non-hydrogen) atoms. The summed E-state index contributed by atoms with van der Waals surface area (Å²) in [7, 11) is 1.55. The average molecular weight is 383 g/mol. The Labute approximate surface area is 164 Å². The number of urea groups is 1. The van der Waals surface area contributed by atoms with Crippen molar-refractivity contribution in [3.8, 4) is 11.5 Å². The molecule has 7 heteroatoms. The fourth-order valence-electron chi connectivity index (χ4n) is 3.24. The van der Waals surface area contributed by atoms with Gasteiger partial charge >= 0.3 is 6.03 Å². The standard InChI is InChI=1S/C21H25N3O4/c1-3-28-16-12-10-15(11-13-16)22-20(25)18-8-6-14-24(18)21(26)23-17-7-4-5-9-19(17)27-2/h4-5,7,9-13,18H,3,6,8,14H2,1-2H3,(H,22,25)(H,23,26)/t18-/m0/s1. The van der Waals surface area contributed by atoms with Crippen molar-refractivity contribution >= 4 is 23.3 Å². The van der Waals surface area contributed by atoms with Gasteiger partial charge in [0.25, 0.3) is 0 Å². The molecule has 0 aliphatic carbocycles. The molecule has 0 aromatic heterocycles. The summed E-state index contributed by atoms with van der Waals surface area (Å²) >= 11 is 0. The molecule has 0 bridgehead atoms. The first kappa shape index (κ1) is 19.5. The summed E-state index contributed by atoms with van der Waals surface area (Å²) in [5, 5.41) is 5.72. The van der Waals surface area contributed by atoms with Gasteiger partial charge in [-0.15, -0.1) is 0 Å². The minimum atomic E-state index is -0.513. The van der Waals surface area contributed by atoms with Gasteiger partial charge in [-0.3, -0.25) is 4.79 Å². The minimum absolute atomic E-state index is 0.197. The maximum Gasteiger partial charge on any atom is 0.322 e. The average Bonchev–Trinajstić information content (AvgIpc) is 3.20. The SMILES string of the molecule is CCOc1ccc(NC(=O)[C@@H]2CCCN2C(=O)Nc2ccccc2OC)cc1. The van der Waals surface area contributed by atoms with E-state index in [1.165, 1.54) is 0 Å². The second kappa shape index (κ2) is 9.12. The van der Waals surface area contributed by atoms with E-state index >= 15 is 0 Å². The third-order valence-corrected chi connectivity index (χ3v) is 4.60. The van der Waals surface area contributed by atoms with Gasteiger partial charge in [0.05, 0.1) is 19.4 Å². The van der Waals surface area contributed by atoms with Crippen LogP contribution in [0, 0.1) is 0 Å². The zero-order chi connectivity index (χ0) is 19.9. The van der Waals surface area contributed by atoms with Crippen LogP contribution in [0.2, 0.25) is 0 Å². The molecular weight excluding hydrogens is 358 g/mol. The Balaban J connectivity index is 1.64. The van der Waals surface area contributed by atoms with E-state index in [4.69, 9.17) is 9.47 Å². The summed E-state index contributed by atoms with van der Waals surface area (Å²) in [6, 6.07) is 13.6. The Hall–Kier alpha value is -3.22. The lowest BCUT2D eigenvalue weighted by atomic mass is 10.2. The molecule has 2 N–H and O–H groups in total. The Morgan fingerprint density at radius 2 is 1.86 bits per heavy atom. The molecule has 1 heterocycles. The number of nitrogens with one attached hydrogen (secondary N) is 2. The molecule has 3 rings (SSSR count). The molecule has 2 aromatic carbocycles. The monoisotopic (exact) mass is 383 g/mol. The molecule has 0 spiro atoms. The summed E-state index contributed by atoms with van der Waals surface area (Å²) in [6.45, 7) is 3.03. The molecule has 3 amide bonds. The van der Waals surface area contributed by atoms with Crippen molar-refractivity contribution in [2.45, 2.75) is 25.8 Å². The van der Waals surface area contributed by atoms with Crippen LogP contribution < -0.4 is 20.1 Å². The highest BCUT2D eigenvalue weighted by atomic mass is 16.5. The van der Waals surface area contributed by atoms with Crippen molar-refractivity contribution < 1.29 is 19.1 Å². The zero-order valence-electron chi connectivity index (χ0n) is 16.1. The van der Waals surface area contributed by atoms with Crippen molar-refractivity contribution in [3.63, 3.8) is 0 Å². The highest BCUT2D eigenvalue weighted by molar-refractivity contribution is 6.00. The molecule has 1 saturated heterocycles. The van der Waals surface area contributed by atoms with Gasteiger partial charge in [0.2, 0.25) is 5.91 Å². The second-order valence-electron chi connectivity index (χ2n) is 6.43. The van der Waals surface area contributed by atoms with Crippen LogP contribution in [-0.2, 0) is 4.79 Å². The smallest absolute Gasteiger partial charge is 0.322 e. The second-order valence-corrected chi connectivity index (χ2v) is 6.43. The Morgan fingerprint density at radius 3 is 2.57 bits per heavy atom. The largest absolute Gasteiger partial charge is 0.495 e. The highest BCUT2D eigenvalue weighted by Crippen LogP contribution is 2.26. The van der Waals surface area contributed by atoms with Crippen molar-refractivity contribution in [1.82, 2.24) is 4.90 Å². The third-order valence-electron chi connectivity index (χ3n) is 4.60. The topological polar surface area (TPSA) is 79.9 Å². The van der Waals surface area contributed by atoms with Gasteiger partial charge in [-0.25, -0.2) is 4.79 Å². The lowest BCUT2D eigenvalue weighted by Gasteiger charge is -2.24. The van der Waals surface area contributed by atoms with Gasteiger partial charge < -0.3 is 25.0 Å². The number of carbonyl (C=O) groups is 2. The third kappa shape index (κ3) is 4.54. The van der Waals surface area contributed by atoms with E-state index in [0.717, 1.165) is 12.2 Å². The molecule has 1 atom stereocenters. The lowest BCUT2D eigenvalue weighted by Crippen LogP contribution is -2.45. The number of carbonyl (C=O) groups excluding carboxylic acids is 2. The first-order valence-corrected chi connectivity index (χ1v) is 9.36. The van der Waals surface area contributed by atoms with E-state index in [1.54, 1.807) is 48.4 Å². The maximum absolute atomic E-state index is 12.7. The summed E-state index contributed by atoms with van der Waals surface area (Å²) in [6.07, 6.45) is 1.41. The van der Waals surface area contributed by atoms with Gasteiger partial charge in [-0.2, -0.15) is 0 Å². The van der Waals surface area contributed by atoms with Gasteiger partial charge in [-0.1, -0.05) is 12.1 Å². The van der Waals surface area contributed by atoms with Gasteiger partial charge in [-0.05, 0) is 56.2 Å². The summed E-state index contributed by atoms with van der Waals surface area (Å²) in [5.74, 6) is 1.13. The normalized spacial score (nSPS) is 15.8. The molecule has 0 radical (unpaired) electrons. The number of benzene rings is 2. The van der Waals surface area contributed by atoms with E-state index in [1.807, 2.05) is 19.1 Å². The number of nitrogens with zero attached hydrogens (tertiary/aromatic N) is 1. The minimum Gasteiger partial charge on any atom is -0.495 e. The molecule has 1 aliphatic heterocycles. The van der Waals surface area contributed by atoms with E-state index in [-0.39, 0.29) is 11.9 Å². The quantitative estimate of drug-likeness (QED) is 0.797. The molecule has 1 aliphatic rings. The zero-order valence-corrected chi connectivity index (χ0v) is 16.1. The molecule has 7 nitrogen and oxygen atoms in total. The maximum atomic E-state index is 12.7. The fourth-order valence-corrected chi connectivity index (χ4v) is 3.24. The van der Waals surface area contributed by atoms with Crippen molar-refractivity contribution in [2.75, 3.05) is 30.9 Å². The predicted octanol–water partition coefficient (Wildman–Crippen LogP) is 3.73. The summed E-state index contributed by atoms with van der Waals surface area (Å²) in [5.41, 5.74) is 1.25. The van der Waals surface area contributed by atoms with Crippen molar-refractivity contribution in [2.24, 2.45) is 0 Å². The number of likely N-dealkylation sites (tertiary alicyclic amines) is 1. The van der Waals surface area contributed by atoms with Crippen LogP contribution in [0.15, 0.2) is 48.5 Å². The molecule has 1 fully saturated rings. The van der Waals surface area contributed by atoms with Crippen LogP contribution in [0.4, 0.5) is 16.2 Å². The number of hydrogen-bond donors (Lipinski definition) is 2. The first-order chi connectivity index (χ1) is 13.6. The highest BCUT2D eigenvalue weighted by Gasteiger charge is 2.34. The van der Waals surface area contributed by atoms with Crippen LogP contribution >= 0.6 is 0 Å². The molecule has 0 saturated carbocycles. The summed E-state index contributed by atoms with van der Waals surface area (Å²) in [4.78, 5) is 27.0. The van der Waals surface area contributed by atoms with Gasteiger partial charge in [0.15, 0.2) is 0 Å². The first-order valence-electron chi connectivity index (χ1n) is 9.36.